The van der Waals surface area contributed by atoms with Crippen molar-refractivity contribution in [3.63, 3.8) is 0 Å². The third-order valence-corrected chi connectivity index (χ3v) is 2.00. The Hall–Kier alpha value is -1.12. The average Bonchev–Trinajstić information content (AvgIpc) is 2.45. The van der Waals surface area contributed by atoms with E-state index < -0.39 is 0 Å². The highest BCUT2D eigenvalue weighted by molar-refractivity contribution is 5.76. The van der Waals surface area contributed by atoms with Crippen LogP contribution in [0.1, 0.15) is 43.7 Å². The van der Waals surface area contributed by atoms with Crippen LogP contribution in [-0.2, 0) is 12.0 Å². The summed E-state index contributed by atoms with van der Waals surface area (Å²) in [6.45, 7) is 8.27. The predicted molar refractivity (Wildman–Crippen MR) is 52.0 cm³/mol. The molecule has 3 heteroatoms. The molecule has 1 rings (SSSR count). The summed E-state index contributed by atoms with van der Waals surface area (Å²) in [5.41, 5.74) is 1.67. The molecule has 0 aliphatic carbocycles. The fourth-order valence-corrected chi connectivity index (χ4v) is 1.42. The van der Waals surface area contributed by atoms with E-state index in [0.29, 0.717) is 5.56 Å². The van der Waals surface area contributed by atoms with E-state index in [1.54, 1.807) is 6.20 Å². The van der Waals surface area contributed by atoms with E-state index in [1.807, 2.05) is 11.6 Å². The van der Waals surface area contributed by atoms with Crippen LogP contribution in [0, 0.1) is 0 Å². The Morgan fingerprint density at radius 1 is 1.54 bits per heavy atom. The summed E-state index contributed by atoms with van der Waals surface area (Å²) in [6.07, 6.45) is 3.34. The van der Waals surface area contributed by atoms with Crippen LogP contribution in [0.3, 0.4) is 0 Å². The van der Waals surface area contributed by atoms with Gasteiger partial charge in [-0.3, -0.25) is 9.48 Å². The van der Waals surface area contributed by atoms with E-state index in [1.165, 1.54) is 0 Å². The second-order valence-electron chi connectivity index (χ2n) is 4.10. The van der Waals surface area contributed by atoms with Gasteiger partial charge in [0.15, 0.2) is 6.29 Å². The maximum Gasteiger partial charge on any atom is 0.153 e. The van der Waals surface area contributed by atoms with Crippen LogP contribution in [0.2, 0.25) is 0 Å². The summed E-state index contributed by atoms with van der Waals surface area (Å²) >= 11 is 0. The molecule has 3 nitrogen and oxygen atoms in total. The highest BCUT2D eigenvalue weighted by Gasteiger charge is 2.19. The smallest absolute Gasteiger partial charge is 0.153 e. The molecule has 0 aliphatic heterocycles. The molecule has 0 atom stereocenters. The molecule has 0 radical (unpaired) electrons. The van der Waals surface area contributed by atoms with Crippen LogP contribution in [0.15, 0.2) is 6.20 Å². The van der Waals surface area contributed by atoms with Crippen molar-refractivity contribution in [1.82, 2.24) is 9.78 Å². The SMILES string of the molecule is CCc1c(C=O)cnn1C(C)(C)C. The van der Waals surface area contributed by atoms with Crippen LogP contribution >= 0.6 is 0 Å². The molecule has 1 aromatic rings. The minimum Gasteiger partial charge on any atom is -0.298 e. The van der Waals surface area contributed by atoms with Crippen molar-refractivity contribution in [3.8, 4) is 0 Å². The summed E-state index contributed by atoms with van der Waals surface area (Å²) in [5, 5.41) is 4.21. The van der Waals surface area contributed by atoms with Gasteiger partial charge in [0.1, 0.15) is 0 Å². The predicted octanol–water partition coefficient (Wildman–Crippen LogP) is 2.01. The lowest BCUT2D eigenvalue weighted by Crippen LogP contribution is -2.25. The Morgan fingerprint density at radius 2 is 2.15 bits per heavy atom. The van der Waals surface area contributed by atoms with Gasteiger partial charge in [0.2, 0.25) is 0 Å². The van der Waals surface area contributed by atoms with E-state index in [-0.39, 0.29) is 5.54 Å². The van der Waals surface area contributed by atoms with E-state index in [0.717, 1.165) is 18.4 Å². The Kier molecular flexibility index (Phi) is 2.55. The summed E-state index contributed by atoms with van der Waals surface area (Å²) in [6, 6.07) is 0. The van der Waals surface area contributed by atoms with Gasteiger partial charge in [-0.25, -0.2) is 0 Å². The first kappa shape index (κ1) is 9.96. The molecule has 1 aromatic heterocycles. The number of nitrogens with zero attached hydrogens (tertiary/aromatic N) is 2. The van der Waals surface area contributed by atoms with Crippen molar-refractivity contribution in [2.75, 3.05) is 0 Å². The van der Waals surface area contributed by atoms with Crippen LogP contribution in [0.4, 0.5) is 0 Å². The van der Waals surface area contributed by atoms with Gasteiger partial charge < -0.3 is 0 Å². The van der Waals surface area contributed by atoms with Crippen LogP contribution < -0.4 is 0 Å². The van der Waals surface area contributed by atoms with Gasteiger partial charge in [0.05, 0.1) is 17.3 Å². The first-order valence-corrected chi connectivity index (χ1v) is 4.53. The van der Waals surface area contributed by atoms with Crippen LogP contribution in [-0.4, -0.2) is 16.1 Å². The normalized spacial score (nSPS) is 11.7. The van der Waals surface area contributed by atoms with Crippen molar-refractivity contribution >= 4 is 6.29 Å². The summed E-state index contributed by atoms with van der Waals surface area (Å²) in [5.74, 6) is 0. The molecule has 0 aliphatic rings. The maximum atomic E-state index is 10.7. The fraction of sp³-hybridized carbons (Fsp3) is 0.600. The quantitative estimate of drug-likeness (QED) is 0.652. The molecule has 0 fully saturated rings. The van der Waals surface area contributed by atoms with Gasteiger partial charge in [-0.1, -0.05) is 6.92 Å². The number of hydrogen-bond acceptors (Lipinski definition) is 2. The lowest BCUT2D eigenvalue weighted by molar-refractivity contribution is 0.112. The Balaban J connectivity index is 3.23. The Labute approximate surface area is 78.8 Å². The molecule has 0 N–H and O–H groups in total. The molecular formula is C10H16N2O. The van der Waals surface area contributed by atoms with Gasteiger partial charge in [-0.05, 0) is 27.2 Å². The molecule has 72 valence electrons. The number of rotatable bonds is 2. The topological polar surface area (TPSA) is 34.9 Å². The lowest BCUT2D eigenvalue weighted by atomic mass is 10.1. The fourth-order valence-electron chi connectivity index (χ4n) is 1.42. The van der Waals surface area contributed by atoms with Crippen LogP contribution in [0.25, 0.3) is 0 Å². The average molecular weight is 180 g/mol. The van der Waals surface area contributed by atoms with Crippen LogP contribution in [0.5, 0.6) is 0 Å². The first-order valence-electron chi connectivity index (χ1n) is 4.53. The molecular weight excluding hydrogens is 164 g/mol. The molecule has 13 heavy (non-hydrogen) atoms. The van der Waals surface area contributed by atoms with E-state index in [9.17, 15) is 4.79 Å². The third-order valence-electron chi connectivity index (χ3n) is 2.00. The molecule has 0 aromatic carbocycles. The monoisotopic (exact) mass is 180 g/mol. The molecule has 0 unspecified atom stereocenters. The first-order chi connectivity index (χ1) is 6.00. The molecule has 0 bridgehead atoms. The van der Waals surface area contributed by atoms with Gasteiger partial charge in [-0.2, -0.15) is 5.10 Å². The molecule has 1 heterocycles. The minimum atomic E-state index is -0.0490. The lowest BCUT2D eigenvalue weighted by Gasteiger charge is -2.22. The summed E-state index contributed by atoms with van der Waals surface area (Å²) < 4.78 is 1.91. The van der Waals surface area contributed by atoms with E-state index in [4.69, 9.17) is 0 Å². The van der Waals surface area contributed by atoms with E-state index in [2.05, 4.69) is 25.9 Å². The largest absolute Gasteiger partial charge is 0.298 e. The molecule has 0 amide bonds. The number of hydrogen-bond donors (Lipinski definition) is 0. The summed E-state index contributed by atoms with van der Waals surface area (Å²) in [4.78, 5) is 10.7. The third kappa shape index (κ3) is 1.79. The number of aldehydes is 1. The Bertz CT molecular complexity index is 307. The van der Waals surface area contributed by atoms with Crippen molar-refractivity contribution in [3.05, 3.63) is 17.5 Å². The van der Waals surface area contributed by atoms with Gasteiger partial charge >= 0.3 is 0 Å². The zero-order valence-corrected chi connectivity index (χ0v) is 8.66. The highest BCUT2D eigenvalue weighted by Crippen LogP contribution is 2.18. The molecule has 0 saturated heterocycles. The second-order valence-corrected chi connectivity index (χ2v) is 4.10. The number of carbonyl (C=O) groups is 1. The zero-order valence-electron chi connectivity index (χ0n) is 8.66. The van der Waals surface area contributed by atoms with Gasteiger partial charge in [0.25, 0.3) is 0 Å². The minimum absolute atomic E-state index is 0.0490. The van der Waals surface area contributed by atoms with Crippen molar-refractivity contribution in [2.24, 2.45) is 0 Å². The zero-order chi connectivity index (χ0) is 10.1. The van der Waals surface area contributed by atoms with Crippen molar-refractivity contribution in [2.45, 2.75) is 39.7 Å². The number of aromatic nitrogens is 2. The molecule has 0 saturated carbocycles. The number of carbonyl (C=O) groups excluding carboxylic acids is 1. The maximum absolute atomic E-state index is 10.7. The van der Waals surface area contributed by atoms with Crippen molar-refractivity contribution < 1.29 is 4.79 Å². The van der Waals surface area contributed by atoms with Gasteiger partial charge in [0, 0.05) is 5.69 Å². The summed E-state index contributed by atoms with van der Waals surface area (Å²) in [7, 11) is 0. The van der Waals surface area contributed by atoms with Crippen molar-refractivity contribution in [1.29, 1.82) is 0 Å². The van der Waals surface area contributed by atoms with E-state index >= 15 is 0 Å². The van der Waals surface area contributed by atoms with Gasteiger partial charge in [-0.15, -0.1) is 0 Å². The highest BCUT2D eigenvalue weighted by atomic mass is 16.1. The second kappa shape index (κ2) is 3.32. The Morgan fingerprint density at radius 3 is 2.54 bits per heavy atom. The standard InChI is InChI=1S/C10H16N2O/c1-5-9-8(7-13)6-11-12(9)10(2,3)4/h6-7H,5H2,1-4H3. The molecule has 0 spiro atoms.